The quantitative estimate of drug-likeness (QED) is 0.782. The number of rotatable bonds is 5. The monoisotopic (exact) mass is 254 g/mol. The Hall–Kier alpha value is -1.07. The summed E-state index contributed by atoms with van der Waals surface area (Å²) in [4.78, 5) is 0. The SMILES string of the molecule is CC1(CNS(=O)(=O)Cc2ccccc2N)CC1. The van der Waals surface area contributed by atoms with Crippen LogP contribution in [0.1, 0.15) is 25.3 Å². The van der Waals surface area contributed by atoms with Gasteiger partial charge in [0.05, 0.1) is 5.75 Å². The van der Waals surface area contributed by atoms with Gasteiger partial charge in [-0.15, -0.1) is 0 Å². The first kappa shape index (κ1) is 12.4. The zero-order valence-electron chi connectivity index (χ0n) is 9.94. The summed E-state index contributed by atoms with van der Waals surface area (Å²) in [5.74, 6) is -0.0459. The van der Waals surface area contributed by atoms with Gasteiger partial charge >= 0.3 is 0 Å². The van der Waals surface area contributed by atoms with Crippen molar-refractivity contribution in [2.24, 2.45) is 5.41 Å². The van der Waals surface area contributed by atoms with Crippen LogP contribution in [-0.4, -0.2) is 15.0 Å². The number of nitrogen functional groups attached to an aromatic ring is 1. The van der Waals surface area contributed by atoms with Crippen LogP contribution in [-0.2, 0) is 15.8 Å². The molecule has 94 valence electrons. The van der Waals surface area contributed by atoms with Gasteiger partial charge in [-0.25, -0.2) is 13.1 Å². The van der Waals surface area contributed by atoms with Crippen LogP contribution >= 0.6 is 0 Å². The summed E-state index contributed by atoms with van der Waals surface area (Å²) in [6.07, 6.45) is 2.20. The van der Waals surface area contributed by atoms with Gasteiger partial charge < -0.3 is 5.73 Å². The second-order valence-electron chi connectivity index (χ2n) is 5.09. The van der Waals surface area contributed by atoms with E-state index in [1.807, 2.05) is 0 Å². The van der Waals surface area contributed by atoms with E-state index in [9.17, 15) is 8.42 Å². The minimum atomic E-state index is -3.28. The Morgan fingerprint density at radius 3 is 2.59 bits per heavy atom. The van der Waals surface area contributed by atoms with Crippen molar-refractivity contribution < 1.29 is 8.42 Å². The third-order valence-electron chi connectivity index (χ3n) is 3.22. The molecule has 2 rings (SSSR count). The van der Waals surface area contributed by atoms with Crippen molar-refractivity contribution in [1.82, 2.24) is 4.72 Å². The van der Waals surface area contributed by atoms with Crippen molar-refractivity contribution in [3.8, 4) is 0 Å². The first-order chi connectivity index (χ1) is 7.90. The first-order valence-corrected chi connectivity index (χ1v) is 7.36. The number of nitrogens with two attached hydrogens (primary N) is 1. The van der Waals surface area contributed by atoms with Gasteiger partial charge in [-0.2, -0.15) is 0 Å². The molecule has 0 unspecified atom stereocenters. The molecule has 0 atom stereocenters. The maximum absolute atomic E-state index is 11.9. The predicted molar refractivity (Wildman–Crippen MR) is 68.8 cm³/mol. The fourth-order valence-electron chi connectivity index (χ4n) is 1.60. The second kappa shape index (κ2) is 4.31. The van der Waals surface area contributed by atoms with E-state index in [1.54, 1.807) is 24.3 Å². The van der Waals surface area contributed by atoms with Crippen LogP contribution in [0.25, 0.3) is 0 Å². The van der Waals surface area contributed by atoms with Crippen LogP contribution in [0.15, 0.2) is 24.3 Å². The number of para-hydroxylation sites is 1. The lowest BCUT2D eigenvalue weighted by Crippen LogP contribution is -2.30. The molecule has 1 fully saturated rings. The van der Waals surface area contributed by atoms with E-state index in [1.165, 1.54) is 0 Å². The predicted octanol–water partition coefficient (Wildman–Crippen LogP) is 1.49. The van der Waals surface area contributed by atoms with Gasteiger partial charge in [0.1, 0.15) is 0 Å². The first-order valence-electron chi connectivity index (χ1n) is 5.71. The van der Waals surface area contributed by atoms with Crippen LogP contribution in [0, 0.1) is 5.41 Å². The Balaban J connectivity index is 1.99. The summed E-state index contributed by atoms with van der Waals surface area (Å²) in [5.41, 5.74) is 7.08. The highest BCUT2D eigenvalue weighted by Gasteiger charge is 2.37. The van der Waals surface area contributed by atoms with Crippen molar-refractivity contribution in [3.05, 3.63) is 29.8 Å². The third kappa shape index (κ3) is 3.44. The van der Waals surface area contributed by atoms with Gasteiger partial charge in [0.15, 0.2) is 0 Å². The summed E-state index contributed by atoms with van der Waals surface area (Å²) in [5, 5.41) is 0. The molecule has 0 saturated heterocycles. The molecule has 1 aliphatic carbocycles. The van der Waals surface area contributed by atoms with Crippen molar-refractivity contribution in [1.29, 1.82) is 0 Å². The maximum atomic E-state index is 11.9. The Bertz CT molecular complexity index is 507. The average molecular weight is 254 g/mol. The standard InChI is InChI=1S/C12H18N2O2S/c1-12(6-7-12)9-14-17(15,16)8-10-4-2-3-5-11(10)13/h2-5,14H,6-9,13H2,1H3. The Kier molecular flexibility index (Phi) is 3.14. The molecule has 1 aliphatic rings. The van der Waals surface area contributed by atoms with Crippen LogP contribution in [0.2, 0.25) is 0 Å². The number of benzene rings is 1. The smallest absolute Gasteiger partial charge is 0.215 e. The van der Waals surface area contributed by atoms with Crippen molar-refractivity contribution >= 4 is 15.7 Å². The molecule has 0 spiro atoms. The summed E-state index contributed by atoms with van der Waals surface area (Å²) in [6.45, 7) is 2.62. The van der Waals surface area contributed by atoms with Crippen LogP contribution < -0.4 is 10.5 Å². The lowest BCUT2D eigenvalue weighted by molar-refractivity contribution is 0.530. The fourth-order valence-corrected chi connectivity index (χ4v) is 2.94. The van der Waals surface area contributed by atoms with E-state index < -0.39 is 10.0 Å². The summed E-state index contributed by atoms with van der Waals surface area (Å²) >= 11 is 0. The molecule has 0 heterocycles. The molecule has 17 heavy (non-hydrogen) atoms. The molecule has 0 radical (unpaired) electrons. The van der Waals surface area contributed by atoms with Gasteiger partial charge in [-0.3, -0.25) is 0 Å². The Labute approximate surface area is 102 Å². The van der Waals surface area contributed by atoms with Crippen LogP contribution in [0.3, 0.4) is 0 Å². The molecule has 4 nitrogen and oxygen atoms in total. The van der Waals surface area contributed by atoms with E-state index in [2.05, 4.69) is 11.6 Å². The zero-order valence-corrected chi connectivity index (χ0v) is 10.8. The van der Waals surface area contributed by atoms with Crippen molar-refractivity contribution in [2.75, 3.05) is 12.3 Å². The van der Waals surface area contributed by atoms with E-state index in [0.717, 1.165) is 12.8 Å². The van der Waals surface area contributed by atoms with E-state index >= 15 is 0 Å². The normalized spacial score (nSPS) is 17.9. The highest BCUT2D eigenvalue weighted by molar-refractivity contribution is 7.88. The van der Waals surface area contributed by atoms with E-state index in [0.29, 0.717) is 17.8 Å². The van der Waals surface area contributed by atoms with Gasteiger partial charge in [-0.1, -0.05) is 25.1 Å². The molecule has 1 saturated carbocycles. The molecule has 1 aromatic rings. The molecule has 0 aromatic heterocycles. The van der Waals surface area contributed by atoms with Crippen LogP contribution in [0.5, 0.6) is 0 Å². The second-order valence-corrected chi connectivity index (χ2v) is 6.90. The highest BCUT2D eigenvalue weighted by atomic mass is 32.2. The average Bonchev–Trinajstić information content (AvgIpc) is 2.98. The number of hydrogen-bond donors (Lipinski definition) is 2. The van der Waals surface area contributed by atoms with E-state index in [4.69, 9.17) is 5.73 Å². The molecular formula is C12H18N2O2S. The maximum Gasteiger partial charge on any atom is 0.215 e. The Morgan fingerprint density at radius 1 is 1.35 bits per heavy atom. The van der Waals surface area contributed by atoms with Crippen molar-refractivity contribution in [3.63, 3.8) is 0 Å². The number of sulfonamides is 1. The fraction of sp³-hybridized carbons (Fsp3) is 0.500. The van der Waals surface area contributed by atoms with Gasteiger partial charge in [-0.05, 0) is 29.9 Å². The molecule has 5 heteroatoms. The van der Waals surface area contributed by atoms with Gasteiger partial charge in [0.25, 0.3) is 0 Å². The lowest BCUT2D eigenvalue weighted by atomic mass is 10.2. The molecule has 1 aromatic carbocycles. The molecule has 3 N–H and O–H groups in total. The lowest BCUT2D eigenvalue weighted by Gasteiger charge is -2.11. The summed E-state index contributed by atoms with van der Waals surface area (Å²) in [7, 11) is -3.28. The minimum absolute atomic E-state index is 0.0459. The number of hydrogen-bond acceptors (Lipinski definition) is 3. The molecule has 0 aliphatic heterocycles. The molecule has 0 amide bonds. The zero-order chi connectivity index (χ0) is 12.5. The number of anilines is 1. The van der Waals surface area contributed by atoms with Crippen LogP contribution in [0.4, 0.5) is 5.69 Å². The molecule has 0 bridgehead atoms. The topological polar surface area (TPSA) is 72.2 Å². The van der Waals surface area contributed by atoms with Gasteiger partial charge in [0.2, 0.25) is 10.0 Å². The largest absolute Gasteiger partial charge is 0.398 e. The highest BCUT2D eigenvalue weighted by Crippen LogP contribution is 2.44. The summed E-state index contributed by atoms with van der Waals surface area (Å²) in [6, 6.07) is 7.05. The minimum Gasteiger partial charge on any atom is -0.398 e. The number of nitrogens with one attached hydrogen (secondary N) is 1. The Morgan fingerprint density at radius 2 is 2.00 bits per heavy atom. The third-order valence-corrected chi connectivity index (χ3v) is 4.50. The summed E-state index contributed by atoms with van der Waals surface area (Å²) < 4.78 is 26.4. The van der Waals surface area contributed by atoms with Gasteiger partial charge in [0, 0.05) is 12.2 Å². The van der Waals surface area contributed by atoms with E-state index in [-0.39, 0.29) is 11.2 Å². The molecular weight excluding hydrogens is 236 g/mol. The van der Waals surface area contributed by atoms with Crippen molar-refractivity contribution in [2.45, 2.75) is 25.5 Å².